The third-order valence-corrected chi connectivity index (χ3v) is 7.84. The number of rotatable bonds is 4. The largest absolute Gasteiger partial charge is 0.399 e. The Labute approximate surface area is 134 Å². The summed E-state index contributed by atoms with van der Waals surface area (Å²) < 4.78 is 27.5. The van der Waals surface area contributed by atoms with Crippen molar-refractivity contribution in [3.63, 3.8) is 0 Å². The molecule has 0 aliphatic heterocycles. The van der Waals surface area contributed by atoms with Gasteiger partial charge in [-0.1, -0.05) is 6.42 Å². The van der Waals surface area contributed by atoms with Crippen LogP contribution >= 0.6 is 15.9 Å². The highest BCUT2D eigenvalue weighted by molar-refractivity contribution is 9.10. The molecule has 2 fully saturated rings. The monoisotopic (exact) mass is 372 g/mol. The van der Waals surface area contributed by atoms with Crippen LogP contribution in [0.4, 0.5) is 5.69 Å². The topological polar surface area (TPSA) is 63.4 Å². The van der Waals surface area contributed by atoms with Crippen molar-refractivity contribution in [3.8, 4) is 0 Å². The zero-order valence-corrected chi connectivity index (χ0v) is 14.5. The van der Waals surface area contributed by atoms with Crippen LogP contribution in [0.5, 0.6) is 0 Å². The zero-order chi connectivity index (χ0) is 15.2. The molecular formula is C15H21BrN2O2S. The van der Waals surface area contributed by atoms with Crippen molar-refractivity contribution in [2.75, 3.05) is 19.3 Å². The molecule has 0 heterocycles. The predicted octanol–water partition coefficient (Wildman–Crippen LogP) is 3.09. The number of anilines is 1. The van der Waals surface area contributed by atoms with Crippen molar-refractivity contribution in [3.05, 3.63) is 22.7 Å². The molecule has 2 aliphatic rings. The van der Waals surface area contributed by atoms with Gasteiger partial charge in [0.05, 0.1) is 4.90 Å². The van der Waals surface area contributed by atoms with Gasteiger partial charge >= 0.3 is 0 Å². The van der Waals surface area contributed by atoms with E-state index in [1.54, 1.807) is 19.2 Å². The van der Waals surface area contributed by atoms with Crippen molar-refractivity contribution < 1.29 is 8.42 Å². The fourth-order valence-corrected chi connectivity index (χ4v) is 6.10. The molecule has 2 bridgehead atoms. The van der Waals surface area contributed by atoms with Crippen LogP contribution in [0.1, 0.15) is 25.7 Å². The molecule has 3 rings (SSSR count). The van der Waals surface area contributed by atoms with E-state index in [4.69, 9.17) is 5.73 Å². The highest BCUT2D eigenvalue weighted by Crippen LogP contribution is 2.48. The smallest absolute Gasteiger partial charge is 0.244 e. The van der Waals surface area contributed by atoms with Crippen LogP contribution in [-0.4, -0.2) is 26.3 Å². The van der Waals surface area contributed by atoms with Gasteiger partial charge in [-0.3, -0.25) is 0 Å². The number of benzene rings is 1. The van der Waals surface area contributed by atoms with Crippen molar-refractivity contribution in [1.82, 2.24) is 4.31 Å². The molecule has 116 valence electrons. The SMILES string of the molecule is CN(CC1CC2CCC1C2)S(=O)(=O)c1cc(N)ccc1Br. The molecule has 2 N–H and O–H groups in total. The van der Waals surface area contributed by atoms with Gasteiger partial charge in [0, 0.05) is 23.8 Å². The quantitative estimate of drug-likeness (QED) is 0.825. The minimum Gasteiger partial charge on any atom is -0.399 e. The molecule has 6 heteroatoms. The normalized spacial score (nSPS) is 28.4. The second-order valence-electron chi connectivity index (χ2n) is 6.41. The fraction of sp³-hybridized carbons (Fsp3) is 0.600. The van der Waals surface area contributed by atoms with Crippen molar-refractivity contribution in [1.29, 1.82) is 0 Å². The van der Waals surface area contributed by atoms with Gasteiger partial charge in [-0.25, -0.2) is 12.7 Å². The molecule has 0 saturated heterocycles. The maximum atomic E-state index is 12.7. The van der Waals surface area contributed by atoms with Crippen LogP contribution in [-0.2, 0) is 10.0 Å². The summed E-state index contributed by atoms with van der Waals surface area (Å²) >= 11 is 3.32. The van der Waals surface area contributed by atoms with E-state index in [0.29, 0.717) is 22.6 Å². The van der Waals surface area contributed by atoms with Crippen LogP contribution in [0, 0.1) is 17.8 Å². The van der Waals surface area contributed by atoms with E-state index < -0.39 is 10.0 Å². The highest BCUT2D eigenvalue weighted by Gasteiger charge is 2.41. The first-order valence-corrected chi connectivity index (χ1v) is 9.62. The number of nitrogen functional groups attached to an aromatic ring is 1. The summed E-state index contributed by atoms with van der Waals surface area (Å²) in [6, 6.07) is 4.91. The van der Waals surface area contributed by atoms with Crippen LogP contribution in [0.15, 0.2) is 27.6 Å². The summed E-state index contributed by atoms with van der Waals surface area (Å²) in [5.74, 6) is 2.07. The maximum absolute atomic E-state index is 12.7. The van der Waals surface area contributed by atoms with E-state index in [9.17, 15) is 8.42 Å². The van der Waals surface area contributed by atoms with E-state index in [0.717, 1.165) is 11.8 Å². The Morgan fingerprint density at radius 1 is 1.33 bits per heavy atom. The zero-order valence-electron chi connectivity index (χ0n) is 12.1. The number of nitrogens with two attached hydrogens (primary N) is 1. The molecule has 21 heavy (non-hydrogen) atoms. The van der Waals surface area contributed by atoms with Gasteiger partial charge in [0.15, 0.2) is 0 Å². The molecule has 0 spiro atoms. The van der Waals surface area contributed by atoms with Gasteiger partial charge < -0.3 is 5.73 Å². The molecule has 0 radical (unpaired) electrons. The lowest BCUT2D eigenvalue weighted by Crippen LogP contribution is -2.34. The Morgan fingerprint density at radius 3 is 2.71 bits per heavy atom. The molecule has 0 amide bonds. The van der Waals surface area contributed by atoms with E-state index >= 15 is 0 Å². The van der Waals surface area contributed by atoms with Gasteiger partial charge in [-0.2, -0.15) is 0 Å². The average Bonchev–Trinajstić information content (AvgIpc) is 3.03. The second kappa shape index (κ2) is 5.56. The first-order valence-electron chi connectivity index (χ1n) is 7.39. The second-order valence-corrected chi connectivity index (χ2v) is 9.28. The van der Waals surface area contributed by atoms with E-state index in [2.05, 4.69) is 15.9 Å². The van der Waals surface area contributed by atoms with Crippen molar-refractivity contribution in [2.24, 2.45) is 17.8 Å². The summed E-state index contributed by atoms with van der Waals surface area (Å²) in [4.78, 5) is 0.258. The number of hydrogen-bond donors (Lipinski definition) is 1. The van der Waals surface area contributed by atoms with Crippen molar-refractivity contribution >= 4 is 31.6 Å². The van der Waals surface area contributed by atoms with Gasteiger partial charge in [-0.15, -0.1) is 0 Å². The minimum absolute atomic E-state index is 0.258. The maximum Gasteiger partial charge on any atom is 0.244 e. The molecule has 3 unspecified atom stereocenters. The Hall–Kier alpha value is -0.590. The standard InChI is InChI=1S/C15H21BrN2O2S/c1-18(9-12-7-10-2-3-11(12)6-10)21(19,20)15-8-13(17)4-5-14(15)16/h4-5,8,10-12H,2-3,6-7,9,17H2,1H3. The van der Waals surface area contributed by atoms with Gasteiger partial charge in [0.1, 0.15) is 0 Å². The minimum atomic E-state index is -3.49. The lowest BCUT2D eigenvalue weighted by Gasteiger charge is -2.27. The summed E-state index contributed by atoms with van der Waals surface area (Å²) in [7, 11) is -1.81. The lowest BCUT2D eigenvalue weighted by atomic mass is 9.89. The number of sulfonamides is 1. The van der Waals surface area contributed by atoms with E-state index in [1.807, 2.05) is 0 Å². The lowest BCUT2D eigenvalue weighted by molar-refractivity contribution is 0.280. The fourth-order valence-electron chi connectivity index (χ4n) is 3.91. The Morgan fingerprint density at radius 2 is 2.10 bits per heavy atom. The predicted molar refractivity (Wildman–Crippen MR) is 87.3 cm³/mol. The van der Waals surface area contributed by atoms with Crippen molar-refractivity contribution in [2.45, 2.75) is 30.6 Å². The molecule has 1 aromatic carbocycles. The number of nitrogens with zero attached hydrogens (tertiary/aromatic N) is 1. The van der Waals surface area contributed by atoms with Gasteiger partial charge in [0.2, 0.25) is 10.0 Å². The van der Waals surface area contributed by atoms with Crippen LogP contribution in [0.25, 0.3) is 0 Å². The Balaban J connectivity index is 1.79. The first-order chi connectivity index (χ1) is 9.88. The molecular weight excluding hydrogens is 352 g/mol. The van der Waals surface area contributed by atoms with Crippen LogP contribution < -0.4 is 5.73 Å². The van der Waals surface area contributed by atoms with Crippen LogP contribution in [0.2, 0.25) is 0 Å². The number of fused-ring (bicyclic) bond motifs is 2. The number of halogens is 1. The van der Waals surface area contributed by atoms with Crippen LogP contribution in [0.3, 0.4) is 0 Å². The average molecular weight is 373 g/mol. The summed E-state index contributed by atoms with van der Waals surface area (Å²) in [6.07, 6.45) is 5.08. The third-order valence-electron chi connectivity index (χ3n) is 5.02. The number of hydrogen-bond acceptors (Lipinski definition) is 3. The summed E-state index contributed by atoms with van der Waals surface area (Å²) in [6.45, 7) is 0.616. The molecule has 3 atom stereocenters. The first kappa shape index (κ1) is 15.3. The third kappa shape index (κ3) is 2.85. The van der Waals surface area contributed by atoms with E-state index in [-0.39, 0.29) is 4.90 Å². The van der Waals surface area contributed by atoms with Gasteiger partial charge in [-0.05, 0) is 71.1 Å². The molecule has 2 saturated carbocycles. The van der Waals surface area contributed by atoms with E-state index in [1.165, 1.54) is 36.1 Å². The summed E-state index contributed by atoms with van der Waals surface area (Å²) in [5, 5.41) is 0. The molecule has 4 nitrogen and oxygen atoms in total. The van der Waals surface area contributed by atoms with Gasteiger partial charge in [0.25, 0.3) is 0 Å². The molecule has 0 aromatic heterocycles. The summed E-state index contributed by atoms with van der Waals surface area (Å²) in [5.41, 5.74) is 6.20. The Kier molecular flexibility index (Phi) is 4.05. The Bertz CT molecular complexity index is 647. The highest BCUT2D eigenvalue weighted by atomic mass is 79.9. The molecule has 1 aromatic rings. The molecule has 2 aliphatic carbocycles.